The first kappa shape index (κ1) is 7.37. The van der Waals surface area contributed by atoms with Crippen molar-refractivity contribution in [1.82, 2.24) is 0 Å². The van der Waals surface area contributed by atoms with Gasteiger partial charge in [-0.25, -0.2) is 0 Å². The van der Waals surface area contributed by atoms with Gasteiger partial charge in [0, 0.05) is 5.54 Å². The van der Waals surface area contributed by atoms with Crippen LogP contribution in [0.15, 0.2) is 0 Å². The van der Waals surface area contributed by atoms with Crippen LogP contribution in [0.2, 0.25) is 0 Å². The van der Waals surface area contributed by atoms with E-state index in [9.17, 15) is 0 Å². The van der Waals surface area contributed by atoms with Crippen LogP contribution >= 0.6 is 0 Å². The molecule has 0 aromatic rings. The molecule has 3 aliphatic carbocycles. The molecule has 3 rings (SSSR count). The molecule has 0 radical (unpaired) electrons. The highest BCUT2D eigenvalue weighted by molar-refractivity contribution is 5.11. The first-order valence-electron chi connectivity index (χ1n) is 5.58. The van der Waals surface area contributed by atoms with E-state index in [2.05, 4.69) is 0 Å². The monoisotopic (exact) mass is 165 g/mol. The van der Waals surface area contributed by atoms with E-state index in [1.165, 1.54) is 44.9 Å². The molecule has 0 bridgehead atoms. The van der Waals surface area contributed by atoms with Gasteiger partial charge in [-0.1, -0.05) is 19.3 Å². The van der Waals surface area contributed by atoms with Crippen molar-refractivity contribution in [2.45, 2.75) is 50.5 Å². The molecular formula is C11H19N. The van der Waals surface area contributed by atoms with Gasteiger partial charge in [0.15, 0.2) is 0 Å². The summed E-state index contributed by atoms with van der Waals surface area (Å²) in [7, 11) is 0. The summed E-state index contributed by atoms with van der Waals surface area (Å²) in [4.78, 5) is 0. The van der Waals surface area contributed by atoms with Crippen molar-refractivity contribution in [2.75, 3.05) is 0 Å². The average Bonchev–Trinajstić information content (AvgIpc) is 2.72. The first-order valence-corrected chi connectivity index (χ1v) is 5.58. The standard InChI is InChI=1S/C11H19N/c12-11(5-6-11)10-7-8-3-1-2-4-9(8)10/h8-10H,1-7,12H2. The Bertz CT molecular complexity index is 195. The Morgan fingerprint density at radius 1 is 1.08 bits per heavy atom. The van der Waals surface area contributed by atoms with Crippen LogP contribution in [0.4, 0.5) is 0 Å². The van der Waals surface area contributed by atoms with Crippen molar-refractivity contribution in [1.29, 1.82) is 0 Å². The van der Waals surface area contributed by atoms with Gasteiger partial charge in [-0.05, 0) is 43.4 Å². The van der Waals surface area contributed by atoms with Crippen LogP contribution in [0.3, 0.4) is 0 Å². The molecule has 68 valence electrons. The van der Waals surface area contributed by atoms with E-state index in [4.69, 9.17) is 5.73 Å². The molecule has 3 fully saturated rings. The van der Waals surface area contributed by atoms with E-state index in [1.807, 2.05) is 0 Å². The first-order chi connectivity index (χ1) is 5.80. The molecule has 3 saturated carbocycles. The van der Waals surface area contributed by atoms with E-state index in [-0.39, 0.29) is 0 Å². The maximum Gasteiger partial charge on any atom is 0.0187 e. The topological polar surface area (TPSA) is 26.0 Å². The van der Waals surface area contributed by atoms with E-state index in [0.29, 0.717) is 5.54 Å². The van der Waals surface area contributed by atoms with Crippen molar-refractivity contribution < 1.29 is 0 Å². The van der Waals surface area contributed by atoms with Crippen molar-refractivity contribution >= 4 is 0 Å². The van der Waals surface area contributed by atoms with Gasteiger partial charge in [0.1, 0.15) is 0 Å². The molecule has 3 unspecified atom stereocenters. The summed E-state index contributed by atoms with van der Waals surface area (Å²) in [6.45, 7) is 0. The molecule has 0 spiro atoms. The highest BCUT2D eigenvalue weighted by Gasteiger charge is 2.56. The summed E-state index contributed by atoms with van der Waals surface area (Å²) in [5.74, 6) is 3.07. The molecule has 2 N–H and O–H groups in total. The number of hydrogen-bond acceptors (Lipinski definition) is 1. The maximum absolute atomic E-state index is 6.26. The number of nitrogens with two attached hydrogens (primary N) is 1. The van der Waals surface area contributed by atoms with Crippen molar-refractivity contribution in [3.63, 3.8) is 0 Å². The van der Waals surface area contributed by atoms with Gasteiger partial charge >= 0.3 is 0 Å². The lowest BCUT2D eigenvalue weighted by Crippen LogP contribution is -2.50. The van der Waals surface area contributed by atoms with Gasteiger partial charge in [-0.3, -0.25) is 0 Å². The lowest BCUT2D eigenvalue weighted by molar-refractivity contribution is 0.00611. The van der Waals surface area contributed by atoms with E-state index < -0.39 is 0 Å². The Balaban J connectivity index is 1.69. The summed E-state index contributed by atoms with van der Waals surface area (Å²) in [6.07, 6.45) is 10.1. The zero-order valence-corrected chi connectivity index (χ0v) is 7.76. The molecule has 0 heterocycles. The van der Waals surface area contributed by atoms with Gasteiger partial charge in [0.25, 0.3) is 0 Å². The number of fused-ring (bicyclic) bond motifs is 1. The quantitative estimate of drug-likeness (QED) is 0.634. The fourth-order valence-electron chi connectivity index (χ4n) is 3.54. The SMILES string of the molecule is NC1(C2CC3CCCCC32)CC1. The molecule has 0 saturated heterocycles. The third-order valence-electron chi connectivity index (χ3n) is 4.61. The lowest BCUT2D eigenvalue weighted by atomic mass is 9.56. The number of hydrogen-bond donors (Lipinski definition) is 1. The Morgan fingerprint density at radius 3 is 2.50 bits per heavy atom. The molecule has 0 aliphatic heterocycles. The Hall–Kier alpha value is -0.0400. The fourth-order valence-corrected chi connectivity index (χ4v) is 3.54. The van der Waals surface area contributed by atoms with Crippen LogP contribution in [-0.4, -0.2) is 5.54 Å². The summed E-state index contributed by atoms with van der Waals surface area (Å²) < 4.78 is 0. The van der Waals surface area contributed by atoms with Gasteiger partial charge in [0.2, 0.25) is 0 Å². The molecule has 12 heavy (non-hydrogen) atoms. The highest BCUT2D eigenvalue weighted by Crippen LogP contribution is 2.58. The van der Waals surface area contributed by atoms with Crippen LogP contribution in [0.25, 0.3) is 0 Å². The van der Waals surface area contributed by atoms with E-state index in [0.717, 1.165) is 17.8 Å². The van der Waals surface area contributed by atoms with Gasteiger partial charge < -0.3 is 5.73 Å². The normalized spacial score (nSPS) is 49.2. The molecule has 0 aromatic carbocycles. The van der Waals surface area contributed by atoms with Crippen molar-refractivity contribution in [2.24, 2.45) is 23.5 Å². The maximum atomic E-state index is 6.26. The van der Waals surface area contributed by atoms with E-state index in [1.54, 1.807) is 0 Å². The van der Waals surface area contributed by atoms with Crippen LogP contribution in [0.1, 0.15) is 44.9 Å². The third-order valence-corrected chi connectivity index (χ3v) is 4.61. The second-order valence-corrected chi connectivity index (χ2v) is 5.28. The Morgan fingerprint density at radius 2 is 1.83 bits per heavy atom. The lowest BCUT2D eigenvalue weighted by Gasteiger charge is -2.51. The highest BCUT2D eigenvalue weighted by atomic mass is 14.9. The van der Waals surface area contributed by atoms with Crippen molar-refractivity contribution in [3.05, 3.63) is 0 Å². The summed E-state index contributed by atoms with van der Waals surface area (Å²) >= 11 is 0. The van der Waals surface area contributed by atoms with Gasteiger partial charge in [-0.15, -0.1) is 0 Å². The second-order valence-electron chi connectivity index (χ2n) is 5.28. The summed E-state index contributed by atoms with van der Waals surface area (Å²) in [5, 5.41) is 0. The second kappa shape index (κ2) is 2.25. The zero-order valence-electron chi connectivity index (χ0n) is 7.76. The molecule has 0 aromatic heterocycles. The minimum Gasteiger partial charge on any atom is -0.325 e. The van der Waals surface area contributed by atoms with Crippen LogP contribution in [-0.2, 0) is 0 Å². The van der Waals surface area contributed by atoms with Crippen LogP contribution in [0, 0.1) is 17.8 Å². The Kier molecular flexibility index (Phi) is 1.39. The average molecular weight is 165 g/mol. The van der Waals surface area contributed by atoms with E-state index >= 15 is 0 Å². The largest absolute Gasteiger partial charge is 0.325 e. The summed E-state index contributed by atoms with van der Waals surface area (Å²) in [5.41, 5.74) is 6.59. The summed E-state index contributed by atoms with van der Waals surface area (Å²) in [6, 6.07) is 0. The van der Waals surface area contributed by atoms with Gasteiger partial charge in [-0.2, -0.15) is 0 Å². The minimum atomic E-state index is 0.332. The molecule has 0 amide bonds. The minimum absolute atomic E-state index is 0.332. The molecular weight excluding hydrogens is 146 g/mol. The predicted molar refractivity (Wildman–Crippen MR) is 49.7 cm³/mol. The van der Waals surface area contributed by atoms with Crippen LogP contribution in [0.5, 0.6) is 0 Å². The smallest absolute Gasteiger partial charge is 0.0187 e. The zero-order chi connectivity index (χ0) is 8.18. The number of rotatable bonds is 1. The fraction of sp³-hybridized carbons (Fsp3) is 1.00. The van der Waals surface area contributed by atoms with Crippen LogP contribution < -0.4 is 5.73 Å². The molecule has 1 heteroatoms. The molecule has 3 atom stereocenters. The molecule has 1 nitrogen and oxygen atoms in total. The van der Waals surface area contributed by atoms with Crippen molar-refractivity contribution in [3.8, 4) is 0 Å². The Labute approximate surface area is 74.7 Å². The third kappa shape index (κ3) is 0.891. The van der Waals surface area contributed by atoms with Gasteiger partial charge in [0.05, 0.1) is 0 Å². The predicted octanol–water partition coefficient (Wildman–Crippen LogP) is 2.30. The molecule has 3 aliphatic rings.